The van der Waals surface area contributed by atoms with Crippen LogP contribution in [0.1, 0.15) is 40.0 Å². The zero-order valence-corrected chi connectivity index (χ0v) is 18.4. The van der Waals surface area contributed by atoms with Gasteiger partial charge in [-0.3, -0.25) is 19.8 Å². The Bertz CT molecular complexity index is 716. The highest BCUT2D eigenvalue weighted by molar-refractivity contribution is 5.70. The molecule has 0 amide bonds. The fraction of sp³-hybridized carbons (Fsp3) is 0.682. The van der Waals surface area contributed by atoms with Gasteiger partial charge >= 0.3 is 5.97 Å². The van der Waals surface area contributed by atoms with Crippen LogP contribution in [0.2, 0.25) is 0 Å². The van der Waals surface area contributed by atoms with Gasteiger partial charge in [0.05, 0.1) is 11.3 Å². The van der Waals surface area contributed by atoms with Crippen LogP contribution in [0.5, 0.6) is 0 Å². The molecular weight excluding hydrogens is 384 g/mol. The third-order valence-corrected chi connectivity index (χ3v) is 5.87. The van der Waals surface area contributed by atoms with Crippen molar-refractivity contribution in [2.75, 3.05) is 50.7 Å². The second-order valence-corrected chi connectivity index (χ2v) is 9.21. The van der Waals surface area contributed by atoms with Gasteiger partial charge in [-0.1, -0.05) is 0 Å². The highest BCUT2D eigenvalue weighted by Gasteiger charge is 2.28. The van der Waals surface area contributed by atoms with Gasteiger partial charge in [-0.25, -0.2) is 0 Å². The normalized spacial score (nSPS) is 19.6. The molecule has 0 atom stereocenters. The third-order valence-electron chi connectivity index (χ3n) is 5.87. The van der Waals surface area contributed by atoms with Crippen LogP contribution < -0.4 is 4.90 Å². The lowest BCUT2D eigenvalue weighted by atomic mass is 10.0. The SMILES string of the molecule is CC(C)(C)OC(=O)CCN1CCN(C2CCN(c3ccc([N+](=O)[O-])cc3)CC2)CC1. The molecular formula is C22H34N4O4. The van der Waals surface area contributed by atoms with Crippen LogP contribution in [0.3, 0.4) is 0 Å². The third kappa shape index (κ3) is 6.40. The maximum absolute atomic E-state index is 11.9. The highest BCUT2D eigenvalue weighted by Crippen LogP contribution is 2.25. The summed E-state index contributed by atoms with van der Waals surface area (Å²) in [5.74, 6) is -0.122. The lowest BCUT2D eigenvalue weighted by Gasteiger charge is -2.43. The van der Waals surface area contributed by atoms with Crippen molar-refractivity contribution in [1.29, 1.82) is 0 Å². The van der Waals surface area contributed by atoms with Gasteiger partial charge in [0, 0.05) is 69.7 Å². The molecule has 166 valence electrons. The maximum Gasteiger partial charge on any atom is 0.307 e. The van der Waals surface area contributed by atoms with Gasteiger partial charge in [-0.2, -0.15) is 0 Å². The molecule has 0 bridgehead atoms. The highest BCUT2D eigenvalue weighted by atomic mass is 16.6. The number of piperidine rings is 1. The van der Waals surface area contributed by atoms with Crippen LogP contribution in [0.4, 0.5) is 11.4 Å². The Hall–Kier alpha value is -2.19. The fourth-order valence-corrected chi connectivity index (χ4v) is 4.27. The molecule has 8 nitrogen and oxygen atoms in total. The molecule has 2 fully saturated rings. The molecule has 1 aromatic carbocycles. The second kappa shape index (κ2) is 9.75. The number of ether oxygens (including phenoxy) is 1. The number of benzene rings is 1. The number of hydrogen-bond donors (Lipinski definition) is 0. The van der Waals surface area contributed by atoms with Crippen LogP contribution in [-0.4, -0.2) is 78.1 Å². The molecule has 0 unspecified atom stereocenters. The number of rotatable bonds is 6. The quantitative estimate of drug-likeness (QED) is 0.399. The summed E-state index contributed by atoms with van der Waals surface area (Å²) in [6.45, 7) is 12.5. The summed E-state index contributed by atoms with van der Waals surface area (Å²) in [5.41, 5.74) is 0.781. The van der Waals surface area contributed by atoms with Crippen molar-refractivity contribution in [3.63, 3.8) is 0 Å². The molecule has 2 saturated heterocycles. The molecule has 0 aliphatic carbocycles. The number of nitrogens with zero attached hydrogens (tertiary/aromatic N) is 4. The summed E-state index contributed by atoms with van der Waals surface area (Å²) in [6, 6.07) is 7.45. The summed E-state index contributed by atoms with van der Waals surface area (Å²) >= 11 is 0. The van der Waals surface area contributed by atoms with E-state index in [2.05, 4.69) is 14.7 Å². The first kappa shape index (κ1) is 22.5. The Kier molecular flexibility index (Phi) is 7.31. The molecule has 0 spiro atoms. The van der Waals surface area contributed by atoms with Crippen molar-refractivity contribution in [2.45, 2.75) is 51.7 Å². The van der Waals surface area contributed by atoms with E-state index in [1.165, 1.54) is 0 Å². The minimum absolute atomic E-state index is 0.122. The summed E-state index contributed by atoms with van der Waals surface area (Å²) < 4.78 is 5.40. The van der Waals surface area contributed by atoms with Crippen molar-refractivity contribution in [3.05, 3.63) is 34.4 Å². The number of hydrogen-bond acceptors (Lipinski definition) is 7. The van der Waals surface area contributed by atoms with Crippen molar-refractivity contribution in [1.82, 2.24) is 9.80 Å². The molecule has 2 heterocycles. The minimum Gasteiger partial charge on any atom is -0.460 e. The van der Waals surface area contributed by atoms with Crippen LogP contribution >= 0.6 is 0 Å². The minimum atomic E-state index is -0.418. The van der Waals surface area contributed by atoms with Gasteiger partial charge in [-0.15, -0.1) is 0 Å². The largest absolute Gasteiger partial charge is 0.460 e. The molecule has 2 aliphatic heterocycles. The van der Waals surface area contributed by atoms with E-state index in [4.69, 9.17) is 4.74 Å². The van der Waals surface area contributed by atoms with E-state index in [-0.39, 0.29) is 16.6 Å². The predicted molar refractivity (Wildman–Crippen MR) is 117 cm³/mol. The standard InChI is InChI=1S/C22H34N4O4/c1-22(2,3)30-21(27)10-11-23-14-16-25(17-15-23)19-8-12-24(13-9-19)18-4-6-20(7-5-18)26(28)29/h4-7,19H,8-17H2,1-3H3. The van der Waals surface area contributed by atoms with Gasteiger partial charge < -0.3 is 14.5 Å². The van der Waals surface area contributed by atoms with Crippen molar-refractivity contribution < 1.29 is 14.5 Å². The van der Waals surface area contributed by atoms with E-state index >= 15 is 0 Å². The van der Waals surface area contributed by atoms with E-state index in [1.807, 2.05) is 32.9 Å². The zero-order chi connectivity index (χ0) is 21.7. The number of piperazine rings is 1. The molecule has 2 aliphatic rings. The van der Waals surface area contributed by atoms with Crippen molar-refractivity contribution in [3.8, 4) is 0 Å². The Labute approximate surface area is 178 Å². The Morgan fingerprint density at radius 3 is 2.20 bits per heavy atom. The lowest BCUT2D eigenvalue weighted by Crippen LogP contribution is -2.53. The van der Waals surface area contributed by atoms with Crippen molar-refractivity contribution in [2.24, 2.45) is 0 Å². The summed E-state index contributed by atoms with van der Waals surface area (Å²) in [7, 11) is 0. The van der Waals surface area contributed by atoms with E-state index in [0.717, 1.165) is 64.3 Å². The average Bonchev–Trinajstić information content (AvgIpc) is 2.72. The van der Waals surface area contributed by atoms with Crippen LogP contribution in [0.15, 0.2) is 24.3 Å². The molecule has 0 N–H and O–H groups in total. The van der Waals surface area contributed by atoms with Gasteiger partial charge in [0.15, 0.2) is 0 Å². The molecule has 3 rings (SSSR count). The molecule has 0 saturated carbocycles. The average molecular weight is 419 g/mol. The number of nitro benzene ring substituents is 1. The van der Waals surface area contributed by atoms with E-state index in [0.29, 0.717) is 12.5 Å². The molecule has 0 aromatic heterocycles. The summed E-state index contributed by atoms with van der Waals surface area (Å²) in [4.78, 5) is 29.6. The van der Waals surface area contributed by atoms with E-state index in [9.17, 15) is 14.9 Å². The van der Waals surface area contributed by atoms with Crippen molar-refractivity contribution >= 4 is 17.3 Å². The molecule has 8 heteroatoms. The Morgan fingerprint density at radius 2 is 1.67 bits per heavy atom. The first-order chi connectivity index (χ1) is 14.2. The van der Waals surface area contributed by atoms with Crippen LogP contribution in [0.25, 0.3) is 0 Å². The summed E-state index contributed by atoms with van der Waals surface area (Å²) in [5, 5.41) is 10.8. The van der Waals surface area contributed by atoms with Gasteiger partial charge in [-0.05, 0) is 45.7 Å². The Balaban J connectivity index is 1.38. The van der Waals surface area contributed by atoms with Crippen LogP contribution in [-0.2, 0) is 9.53 Å². The number of esters is 1. The van der Waals surface area contributed by atoms with Gasteiger partial charge in [0.25, 0.3) is 5.69 Å². The topological polar surface area (TPSA) is 79.2 Å². The Morgan fingerprint density at radius 1 is 1.07 bits per heavy atom. The number of nitro groups is 1. The molecule has 0 radical (unpaired) electrons. The second-order valence-electron chi connectivity index (χ2n) is 9.21. The fourth-order valence-electron chi connectivity index (χ4n) is 4.27. The molecule has 1 aromatic rings. The number of carbonyl (C=O) groups excluding carboxylic acids is 1. The monoisotopic (exact) mass is 418 g/mol. The predicted octanol–water partition coefficient (Wildman–Crippen LogP) is 2.91. The number of non-ortho nitro benzene ring substituents is 1. The number of anilines is 1. The smallest absolute Gasteiger partial charge is 0.307 e. The summed E-state index contributed by atoms with van der Waals surface area (Å²) in [6.07, 6.45) is 2.66. The van der Waals surface area contributed by atoms with Gasteiger partial charge in [0.2, 0.25) is 0 Å². The van der Waals surface area contributed by atoms with Gasteiger partial charge in [0.1, 0.15) is 5.60 Å². The molecule has 30 heavy (non-hydrogen) atoms. The number of carbonyl (C=O) groups is 1. The van der Waals surface area contributed by atoms with E-state index in [1.54, 1.807) is 12.1 Å². The zero-order valence-electron chi connectivity index (χ0n) is 18.4. The first-order valence-electron chi connectivity index (χ1n) is 10.9. The van der Waals surface area contributed by atoms with Crippen LogP contribution in [0, 0.1) is 10.1 Å². The van der Waals surface area contributed by atoms with E-state index < -0.39 is 5.60 Å². The maximum atomic E-state index is 11.9. The first-order valence-corrected chi connectivity index (χ1v) is 10.9. The lowest BCUT2D eigenvalue weighted by molar-refractivity contribution is -0.384.